The van der Waals surface area contributed by atoms with Crippen molar-refractivity contribution >= 4 is 44.4 Å². The predicted octanol–water partition coefficient (Wildman–Crippen LogP) is 3.87. The Hall–Kier alpha value is -0.620. The maximum absolute atomic E-state index is 12.1. The fourth-order valence-corrected chi connectivity index (χ4v) is 4.06. The molecule has 0 spiro atoms. The molecule has 1 aromatic heterocycles. The molecular weight excluding hydrogens is 325 g/mol. The van der Waals surface area contributed by atoms with Crippen LogP contribution in [0.1, 0.15) is 16.3 Å². The number of aryl methyl sites for hydroxylation is 1. The molecule has 0 aliphatic rings. The average Bonchev–Trinajstić information content (AvgIpc) is 2.68. The van der Waals surface area contributed by atoms with E-state index < -0.39 is 9.84 Å². The topological polar surface area (TPSA) is 47.0 Å². The van der Waals surface area contributed by atoms with Gasteiger partial charge in [0.1, 0.15) is 0 Å². The van der Waals surface area contributed by atoms with Crippen molar-refractivity contribution in [1.82, 2.24) is 4.98 Å². The SMILES string of the molecule is Cc1nc(CS(=O)(=O)Cc2ccc(Cl)c(Cl)c2)cs1. The van der Waals surface area contributed by atoms with E-state index in [1.807, 2.05) is 6.92 Å². The lowest BCUT2D eigenvalue weighted by molar-refractivity contribution is 0.594. The molecular formula is C12H11Cl2NO2S2. The molecule has 102 valence electrons. The Morgan fingerprint density at radius 3 is 2.53 bits per heavy atom. The minimum Gasteiger partial charge on any atom is -0.246 e. The van der Waals surface area contributed by atoms with Crippen LogP contribution in [0.5, 0.6) is 0 Å². The molecule has 2 rings (SSSR count). The molecule has 7 heteroatoms. The maximum atomic E-state index is 12.1. The first kappa shape index (κ1) is 14.8. The number of benzene rings is 1. The van der Waals surface area contributed by atoms with Gasteiger partial charge in [0.05, 0.1) is 32.3 Å². The third kappa shape index (κ3) is 4.18. The fraction of sp³-hybridized carbons (Fsp3) is 0.250. The van der Waals surface area contributed by atoms with Gasteiger partial charge in [0.25, 0.3) is 0 Å². The third-order valence-corrected chi connectivity index (χ3v) is 5.48. The Labute approximate surface area is 126 Å². The molecule has 0 saturated carbocycles. The minimum absolute atomic E-state index is 0.0580. The van der Waals surface area contributed by atoms with Gasteiger partial charge in [-0.2, -0.15) is 0 Å². The lowest BCUT2D eigenvalue weighted by atomic mass is 10.2. The van der Waals surface area contributed by atoms with Crippen LogP contribution in [-0.4, -0.2) is 13.4 Å². The number of thiazole rings is 1. The van der Waals surface area contributed by atoms with E-state index >= 15 is 0 Å². The molecule has 3 nitrogen and oxygen atoms in total. The van der Waals surface area contributed by atoms with Gasteiger partial charge < -0.3 is 0 Å². The number of halogens is 2. The summed E-state index contributed by atoms with van der Waals surface area (Å²) in [6.07, 6.45) is 0. The summed E-state index contributed by atoms with van der Waals surface area (Å²) < 4.78 is 24.1. The quantitative estimate of drug-likeness (QED) is 0.851. The number of aromatic nitrogens is 1. The number of hydrogen-bond donors (Lipinski definition) is 0. The van der Waals surface area contributed by atoms with Crippen molar-refractivity contribution in [3.05, 3.63) is 49.9 Å². The van der Waals surface area contributed by atoms with E-state index in [9.17, 15) is 8.42 Å². The highest BCUT2D eigenvalue weighted by Crippen LogP contribution is 2.24. The number of nitrogens with zero attached hydrogens (tertiary/aromatic N) is 1. The van der Waals surface area contributed by atoms with Gasteiger partial charge in [-0.25, -0.2) is 13.4 Å². The first-order valence-electron chi connectivity index (χ1n) is 5.41. The van der Waals surface area contributed by atoms with E-state index in [2.05, 4.69) is 4.98 Å². The van der Waals surface area contributed by atoms with Crippen molar-refractivity contribution in [2.45, 2.75) is 18.4 Å². The summed E-state index contributed by atoms with van der Waals surface area (Å²) in [6.45, 7) is 1.85. The summed E-state index contributed by atoms with van der Waals surface area (Å²) in [5.74, 6) is -0.127. The molecule has 19 heavy (non-hydrogen) atoms. The zero-order chi connectivity index (χ0) is 14.0. The zero-order valence-electron chi connectivity index (χ0n) is 10.1. The van der Waals surface area contributed by atoms with Crippen molar-refractivity contribution in [3.63, 3.8) is 0 Å². The largest absolute Gasteiger partial charge is 0.246 e. The number of rotatable bonds is 4. The number of sulfone groups is 1. The second kappa shape index (κ2) is 5.79. The lowest BCUT2D eigenvalue weighted by Crippen LogP contribution is -2.08. The van der Waals surface area contributed by atoms with Crippen molar-refractivity contribution in [1.29, 1.82) is 0 Å². The van der Waals surface area contributed by atoms with E-state index in [0.717, 1.165) is 5.01 Å². The third-order valence-electron chi connectivity index (χ3n) is 2.40. The maximum Gasteiger partial charge on any atom is 0.160 e. The van der Waals surface area contributed by atoms with Crippen molar-refractivity contribution < 1.29 is 8.42 Å². The summed E-state index contributed by atoms with van der Waals surface area (Å²) in [5, 5.41) is 3.40. The molecule has 2 aromatic rings. The smallest absolute Gasteiger partial charge is 0.160 e. The van der Waals surface area contributed by atoms with Gasteiger partial charge in [0.15, 0.2) is 9.84 Å². The van der Waals surface area contributed by atoms with Crippen LogP contribution in [0, 0.1) is 6.92 Å². The highest BCUT2D eigenvalue weighted by atomic mass is 35.5. The molecule has 0 amide bonds. The second-order valence-corrected chi connectivity index (χ2v) is 8.08. The normalized spacial score (nSPS) is 11.7. The molecule has 0 fully saturated rings. The molecule has 0 radical (unpaired) electrons. The monoisotopic (exact) mass is 335 g/mol. The van der Waals surface area contributed by atoms with Crippen LogP contribution in [0.25, 0.3) is 0 Å². The summed E-state index contributed by atoms with van der Waals surface area (Å²) >= 11 is 13.1. The van der Waals surface area contributed by atoms with Crippen LogP contribution >= 0.6 is 34.5 Å². The average molecular weight is 336 g/mol. The molecule has 0 aliphatic heterocycles. The van der Waals surface area contributed by atoms with Crippen molar-refractivity contribution in [2.24, 2.45) is 0 Å². The summed E-state index contributed by atoms with van der Waals surface area (Å²) in [4.78, 5) is 4.16. The molecule has 1 aromatic carbocycles. The molecule has 0 unspecified atom stereocenters. The van der Waals surface area contributed by atoms with Gasteiger partial charge >= 0.3 is 0 Å². The van der Waals surface area contributed by atoms with Crippen LogP contribution in [0.15, 0.2) is 23.6 Å². The molecule has 0 N–H and O–H groups in total. The van der Waals surface area contributed by atoms with E-state index in [0.29, 0.717) is 21.3 Å². The standard InChI is InChI=1S/C12H11Cl2NO2S2/c1-8-15-10(5-18-8)7-19(16,17)6-9-2-3-11(13)12(14)4-9/h2-5H,6-7H2,1H3. The van der Waals surface area contributed by atoms with Crippen molar-refractivity contribution in [3.8, 4) is 0 Å². The first-order chi connectivity index (χ1) is 8.85. The first-order valence-corrected chi connectivity index (χ1v) is 8.87. The van der Waals surface area contributed by atoms with Crippen LogP contribution < -0.4 is 0 Å². The highest BCUT2D eigenvalue weighted by molar-refractivity contribution is 7.89. The molecule has 1 heterocycles. The second-order valence-electron chi connectivity index (χ2n) is 4.14. The van der Waals surface area contributed by atoms with Gasteiger partial charge in [0.2, 0.25) is 0 Å². The van der Waals surface area contributed by atoms with Crippen LogP contribution in [-0.2, 0) is 21.3 Å². The number of hydrogen-bond acceptors (Lipinski definition) is 4. The Balaban J connectivity index is 2.14. The van der Waals surface area contributed by atoms with E-state index in [1.54, 1.807) is 23.6 Å². The molecule has 0 bridgehead atoms. The van der Waals surface area contributed by atoms with E-state index in [-0.39, 0.29) is 11.5 Å². The van der Waals surface area contributed by atoms with Gasteiger partial charge in [-0.15, -0.1) is 11.3 Å². The van der Waals surface area contributed by atoms with Crippen LogP contribution in [0.2, 0.25) is 10.0 Å². The van der Waals surface area contributed by atoms with Gasteiger partial charge in [0, 0.05) is 5.38 Å². The highest BCUT2D eigenvalue weighted by Gasteiger charge is 2.15. The Morgan fingerprint density at radius 2 is 1.95 bits per heavy atom. The Kier molecular flexibility index (Phi) is 4.50. The Morgan fingerprint density at radius 1 is 1.21 bits per heavy atom. The summed E-state index contributed by atoms with van der Waals surface area (Å²) in [7, 11) is -3.26. The Bertz CT molecular complexity index is 696. The molecule has 0 aliphatic carbocycles. The van der Waals surface area contributed by atoms with Gasteiger partial charge in [-0.3, -0.25) is 0 Å². The van der Waals surface area contributed by atoms with Gasteiger partial charge in [-0.05, 0) is 24.6 Å². The van der Waals surface area contributed by atoms with Crippen LogP contribution in [0.4, 0.5) is 0 Å². The predicted molar refractivity (Wildman–Crippen MR) is 79.6 cm³/mol. The summed E-state index contributed by atoms with van der Waals surface area (Å²) in [5.41, 5.74) is 1.21. The van der Waals surface area contributed by atoms with Crippen molar-refractivity contribution in [2.75, 3.05) is 0 Å². The molecule has 0 atom stereocenters. The summed E-state index contributed by atoms with van der Waals surface area (Å²) in [6, 6.07) is 4.84. The fourth-order valence-electron chi connectivity index (χ4n) is 1.63. The lowest BCUT2D eigenvalue weighted by Gasteiger charge is -2.04. The van der Waals surface area contributed by atoms with Crippen LogP contribution in [0.3, 0.4) is 0 Å². The molecule has 0 saturated heterocycles. The van der Waals surface area contributed by atoms with Gasteiger partial charge in [-0.1, -0.05) is 29.3 Å². The van der Waals surface area contributed by atoms with E-state index in [4.69, 9.17) is 23.2 Å². The zero-order valence-corrected chi connectivity index (χ0v) is 13.2. The van der Waals surface area contributed by atoms with E-state index in [1.165, 1.54) is 11.3 Å². The minimum atomic E-state index is -3.26.